The second-order valence-corrected chi connectivity index (χ2v) is 6.06. The van der Waals surface area contributed by atoms with E-state index in [9.17, 15) is 0 Å². The third-order valence-corrected chi connectivity index (χ3v) is 4.66. The van der Waals surface area contributed by atoms with Crippen molar-refractivity contribution in [2.45, 2.75) is 58.5 Å². The van der Waals surface area contributed by atoms with E-state index in [-0.39, 0.29) is 0 Å². The van der Waals surface area contributed by atoms with Crippen molar-refractivity contribution in [1.82, 2.24) is 10.3 Å². The molecule has 0 aromatic carbocycles. The Balaban J connectivity index is 2.08. The van der Waals surface area contributed by atoms with E-state index in [1.54, 1.807) is 11.3 Å². The van der Waals surface area contributed by atoms with E-state index in [2.05, 4.69) is 36.4 Å². The number of anilines is 1. The van der Waals surface area contributed by atoms with Gasteiger partial charge < -0.3 is 10.2 Å². The Morgan fingerprint density at radius 1 is 1.50 bits per heavy atom. The highest BCUT2D eigenvalue weighted by Crippen LogP contribution is 2.28. The van der Waals surface area contributed by atoms with Gasteiger partial charge in [-0.15, -0.1) is 11.3 Å². The van der Waals surface area contributed by atoms with Crippen LogP contribution in [0.15, 0.2) is 5.38 Å². The van der Waals surface area contributed by atoms with E-state index in [4.69, 9.17) is 4.98 Å². The molecule has 0 radical (unpaired) electrons. The van der Waals surface area contributed by atoms with Gasteiger partial charge >= 0.3 is 0 Å². The lowest BCUT2D eigenvalue weighted by Gasteiger charge is -2.26. The minimum Gasteiger partial charge on any atom is -0.345 e. The summed E-state index contributed by atoms with van der Waals surface area (Å²) in [7, 11) is 0. The van der Waals surface area contributed by atoms with Crippen LogP contribution in [-0.2, 0) is 0 Å². The third-order valence-electron chi connectivity index (χ3n) is 3.76. The average Bonchev–Trinajstić information content (AvgIpc) is 2.74. The summed E-state index contributed by atoms with van der Waals surface area (Å²) in [5, 5.41) is 6.85. The van der Waals surface area contributed by atoms with Crippen molar-refractivity contribution in [1.29, 1.82) is 0 Å². The van der Waals surface area contributed by atoms with Crippen LogP contribution >= 0.6 is 11.3 Å². The first-order valence-electron chi connectivity index (χ1n) is 7.17. The monoisotopic (exact) mass is 267 g/mol. The summed E-state index contributed by atoms with van der Waals surface area (Å²) in [6, 6.07) is 1.00. The van der Waals surface area contributed by atoms with E-state index in [0.29, 0.717) is 12.1 Å². The van der Waals surface area contributed by atoms with E-state index in [0.717, 1.165) is 6.54 Å². The summed E-state index contributed by atoms with van der Waals surface area (Å²) in [5.74, 6) is 0. The van der Waals surface area contributed by atoms with Crippen molar-refractivity contribution >= 4 is 16.5 Å². The maximum atomic E-state index is 4.83. The molecule has 18 heavy (non-hydrogen) atoms. The summed E-state index contributed by atoms with van der Waals surface area (Å²) in [6.07, 6.45) is 5.34. The van der Waals surface area contributed by atoms with Gasteiger partial charge in [0.25, 0.3) is 0 Å². The highest BCUT2D eigenvalue weighted by atomic mass is 32.1. The number of nitrogens with zero attached hydrogens (tertiary/aromatic N) is 2. The predicted molar refractivity (Wildman–Crippen MR) is 79.5 cm³/mol. The molecule has 4 heteroatoms. The van der Waals surface area contributed by atoms with Crippen molar-refractivity contribution in [3.05, 3.63) is 11.1 Å². The summed E-state index contributed by atoms with van der Waals surface area (Å²) in [6.45, 7) is 8.83. The fourth-order valence-electron chi connectivity index (χ4n) is 2.58. The highest BCUT2D eigenvalue weighted by molar-refractivity contribution is 7.13. The molecule has 0 amide bonds. The van der Waals surface area contributed by atoms with Gasteiger partial charge in [0, 0.05) is 24.0 Å². The molecule has 3 nitrogen and oxygen atoms in total. The van der Waals surface area contributed by atoms with Crippen LogP contribution in [0.25, 0.3) is 0 Å². The van der Waals surface area contributed by atoms with Gasteiger partial charge in [-0.25, -0.2) is 4.98 Å². The van der Waals surface area contributed by atoms with Crippen molar-refractivity contribution in [2.24, 2.45) is 0 Å². The Kier molecular flexibility index (Phi) is 5.01. The molecule has 102 valence electrons. The van der Waals surface area contributed by atoms with Gasteiger partial charge in [-0.1, -0.05) is 19.8 Å². The Morgan fingerprint density at radius 2 is 2.33 bits per heavy atom. The molecular weight excluding hydrogens is 242 g/mol. The van der Waals surface area contributed by atoms with Crippen molar-refractivity contribution in [2.75, 3.05) is 18.0 Å². The maximum absolute atomic E-state index is 4.83. The van der Waals surface area contributed by atoms with Crippen molar-refractivity contribution in [3.63, 3.8) is 0 Å². The molecule has 1 aliphatic rings. The number of aromatic nitrogens is 1. The topological polar surface area (TPSA) is 28.2 Å². The molecule has 0 saturated carbocycles. The molecule has 2 atom stereocenters. The largest absolute Gasteiger partial charge is 0.345 e. The molecule has 2 unspecified atom stereocenters. The molecule has 1 fully saturated rings. The second kappa shape index (κ2) is 6.53. The second-order valence-electron chi connectivity index (χ2n) is 5.23. The quantitative estimate of drug-likeness (QED) is 0.903. The molecule has 1 N–H and O–H groups in total. The van der Waals surface area contributed by atoms with Gasteiger partial charge in [-0.3, -0.25) is 0 Å². The lowest BCUT2D eigenvalue weighted by atomic mass is 10.1. The first-order valence-corrected chi connectivity index (χ1v) is 8.05. The summed E-state index contributed by atoms with van der Waals surface area (Å²) in [4.78, 5) is 7.33. The zero-order chi connectivity index (χ0) is 13.0. The molecule has 1 aromatic heterocycles. The van der Waals surface area contributed by atoms with Crippen LogP contribution in [0, 0.1) is 0 Å². The fraction of sp³-hybridized carbons (Fsp3) is 0.786. The Hall–Kier alpha value is -0.610. The van der Waals surface area contributed by atoms with Crippen LogP contribution in [0.2, 0.25) is 0 Å². The Bertz CT molecular complexity index is 364. The number of thiazole rings is 1. The van der Waals surface area contributed by atoms with Crippen LogP contribution in [0.5, 0.6) is 0 Å². The molecule has 1 aromatic rings. The van der Waals surface area contributed by atoms with Gasteiger partial charge in [-0.2, -0.15) is 0 Å². The highest BCUT2D eigenvalue weighted by Gasteiger charge is 2.20. The van der Waals surface area contributed by atoms with Crippen LogP contribution in [0.4, 0.5) is 5.13 Å². The summed E-state index contributed by atoms with van der Waals surface area (Å²) in [5.41, 5.74) is 1.19. The molecule has 1 aliphatic heterocycles. The van der Waals surface area contributed by atoms with Gasteiger partial charge in [0.2, 0.25) is 0 Å². The SMILES string of the molecule is CCNC(C)c1csc(N2CCCCCC2C)n1. The van der Waals surface area contributed by atoms with Gasteiger partial charge in [0.1, 0.15) is 0 Å². The van der Waals surface area contributed by atoms with Crippen LogP contribution in [0.3, 0.4) is 0 Å². The van der Waals surface area contributed by atoms with E-state index >= 15 is 0 Å². The van der Waals surface area contributed by atoms with Crippen LogP contribution < -0.4 is 10.2 Å². The number of hydrogen-bond donors (Lipinski definition) is 1. The zero-order valence-electron chi connectivity index (χ0n) is 11.8. The molecule has 1 saturated heterocycles. The number of rotatable bonds is 4. The van der Waals surface area contributed by atoms with Crippen LogP contribution in [-0.4, -0.2) is 24.1 Å². The molecule has 2 heterocycles. The Labute approximate surface area is 115 Å². The minimum atomic E-state index is 0.363. The van der Waals surface area contributed by atoms with Crippen molar-refractivity contribution < 1.29 is 0 Å². The lowest BCUT2D eigenvalue weighted by molar-refractivity contribution is 0.581. The Morgan fingerprint density at radius 3 is 3.11 bits per heavy atom. The first kappa shape index (κ1) is 13.8. The zero-order valence-corrected chi connectivity index (χ0v) is 12.6. The summed E-state index contributed by atoms with van der Waals surface area (Å²) < 4.78 is 0. The van der Waals surface area contributed by atoms with Crippen molar-refractivity contribution in [3.8, 4) is 0 Å². The third kappa shape index (κ3) is 3.23. The molecule has 0 aliphatic carbocycles. The fourth-order valence-corrected chi connectivity index (χ4v) is 3.62. The predicted octanol–water partition coefficient (Wildman–Crippen LogP) is 3.58. The number of nitrogens with one attached hydrogen (secondary N) is 1. The average molecular weight is 267 g/mol. The first-order chi connectivity index (χ1) is 8.72. The van der Waals surface area contributed by atoms with Crippen LogP contribution in [0.1, 0.15) is 58.2 Å². The van der Waals surface area contributed by atoms with E-state index in [1.165, 1.54) is 43.1 Å². The lowest BCUT2D eigenvalue weighted by Crippen LogP contribution is -2.32. The standard InChI is InChI=1S/C14H25N3S/c1-4-15-12(3)13-10-18-14(16-13)17-9-7-5-6-8-11(17)2/h10-12,15H,4-9H2,1-3H3. The van der Waals surface area contributed by atoms with Gasteiger partial charge in [-0.05, 0) is 33.2 Å². The maximum Gasteiger partial charge on any atom is 0.185 e. The normalized spacial score (nSPS) is 22.8. The van der Waals surface area contributed by atoms with Gasteiger partial charge in [0.15, 0.2) is 5.13 Å². The minimum absolute atomic E-state index is 0.363. The van der Waals surface area contributed by atoms with Gasteiger partial charge in [0.05, 0.1) is 5.69 Å². The molecular formula is C14H25N3S. The van der Waals surface area contributed by atoms with E-state index in [1.807, 2.05) is 0 Å². The molecule has 0 spiro atoms. The smallest absolute Gasteiger partial charge is 0.185 e. The van der Waals surface area contributed by atoms with E-state index < -0.39 is 0 Å². The molecule has 2 rings (SSSR count). The molecule has 0 bridgehead atoms. The number of hydrogen-bond acceptors (Lipinski definition) is 4. The summed E-state index contributed by atoms with van der Waals surface area (Å²) >= 11 is 1.80.